The molecule has 2 nitrogen and oxygen atoms in total. The summed E-state index contributed by atoms with van der Waals surface area (Å²) < 4.78 is 0. The summed E-state index contributed by atoms with van der Waals surface area (Å²) in [6, 6.07) is 2.89. The molecule has 0 aromatic carbocycles. The fourth-order valence-corrected chi connectivity index (χ4v) is 2.92. The first-order valence-electron chi connectivity index (χ1n) is 5.66. The second-order valence-electron chi connectivity index (χ2n) is 5.35. The Labute approximate surface area is 87.7 Å². The molecule has 0 radical (unpaired) electrons. The van der Waals surface area contributed by atoms with Gasteiger partial charge in [-0.3, -0.25) is 5.32 Å². The summed E-state index contributed by atoms with van der Waals surface area (Å²) in [6.45, 7) is 8.74. The predicted octanol–water partition coefficient (Wildman–Crippen LogP) is 2.70. The number of nitrogens with zero attached hydrogens (tertiary/aromatic N) is 1. The van der Waals surface area contributed by atoms with Crippen molar-refractivity contribution < 1.29 is 0 Å². The van der Waals surface area contributed by atoms with E-state index in [1.165, 1.54) is 6.42 Å². The van der Waals surface area contributed by atoms with Crippen LogP contribution >= 0.6 is 0 Å². The van der Waals surface area contributed by atoms with Crippen molar-refractivity contribution in [3.63, 3.8) is 0 Å². The Balaban J connectivity index is 2.73. The van der Waals surface area contributed by atoms with E-state index in [4.69, 9.17) is 0 Å². The molecule has 0 aromatic rings. The first kappa shape index (κ1) is 11.5. The average molecular weight is 194 g/mol. The zero-order valence-electron chi connectivity index (χ0n) is 9.80. The highest BCUT2D eigenvalue weighted by Gasteiger charge is 2.38. The largest absolute Gasteiger partial charge is 0.297 e. The highest BCUT2D eigenvalue weighted by atomic mass is 15.0. The van der Waals surface area contributed by atoms with Crippen molar-refractivity contribution in [3.05, 3.63) is 0 Å². The second-order valence-corrected chi connectivity index (χ2v) is 5.35. The summed E-state index contributed by atoms with van der Waals surface area (Å²) in [5.41, 5.74) is -0.259. The fourth-order valence-electron chi connectivity index (χ4n) is 2.92. The van der Waals surface area contributed by atoms with Crippen LogP contribution in [0.25, 0.3) is 0 Å². The summed E-state index contributed by atoms with van der Waals surface area (Å²) in [7, 11) is 0. The van der Waals surface area contributed by atoms with E-state index < -0.39 is 0 Å². The third kappa shape index (κ3) is 2.72. The van der Waals surface area contributed by atoms with Crippen molar-refractivity contribution in [2.24, 2.45) is 11.8 Å². The number of hydrogen-bond acceptors (Lipinski definition) is 2. The van der Waals surface area contributed by atoms with Gasteiger partial charge in [-0.1, -0.05) is 13.8 Å². The van der Waals surface area contributed by atoms with E-state index in [0.29, 0.717) is 17.9 Å². The van der Waals surface area contributed by atoms with Gasteiger partial charge in [0, 0.05) is 6.04 Å². The van der Waals surface area contributed by atoms with Gasteiger partial charge in [-0.15, -0.1) is 0 Å². The highest BCUT2D eigenvalue weighted by molar-refractivity contribution is 5.10. The van der Waals surface area contributed by atoms with Crippen LogP contribution in [0.1, 0.15) is 47.0 Å². The van der Waals surface area contributed by atoms with Crippen molar-refractivity contribution in [2.75, 3.05) is 0 Å². The quantitative estimate of drug-likeness (QED) is 0.733. The molecule has 0 amide bonds. The highest BCUT2D eigenvalue weighted by Crippen LogP contribution is 2.35. The van der Waals surface area contributed by atoms with E-state index in [-0.39, 0.29) is 5.54 Å². The van der Waals surface area contributed by atoms with Gasteiger partial charge in [-0.2, -0.15) is 5.26 Å². The molecule has 1 aliphatic rings. The Morgan fingerprint density at radius 2 is 1.79 bits per heavy atom. The summed E-state index contributed by atoms with van der Waals surface area (Å²) in [4.78, 5) is 0. The van der Waals surface area contributed by atoms with Gasteiger partial charge in [0.1, 0.15) is 5.54 Å². The van der Waals surface area contributed by atoms with Crippen LogP contribution in [-0.2, 0) is 0 Å². The van der Waals surface area contributed by atoms with E-state index in [1.807, 2.05) is 0 Å². The van der Waals surface area contributed by atoms with Crippen molar-refractivity contribution in [1.82, 2.24) is 5.32 Å². The van der Waals surface area contributed by atoms with E-state index in [9.17, 15) is 5.26 Å². The minimum absolute atomic E-state index is 0.259. The van der Waals surface area contributed by atoms with Gasteiger partial charge in [0.2, 0.25) is 0 Å². The first-order valence-corrected chi connectivity index (χ1v) is 5.66. The van der Waals surface area contributed by atoms with Gasteiger partial charge in [0.05, 0.1) is 6.07 Å². The Morgan fingerprint density at radius 3 is 2.14 bits per heavy atom. The maximum atomic E-state index is 9.31. The van der Waals surface area contributed by atoms with Crippen molar-refractivity contribution in [1.29, 1.82) is 5.26 Å². The molecule has 2 atom stereocenters. The number of rotatable bonds is 2. The molecular formula is C12H22N2. The first-order chi connectivity index (χ1) is 6.47. The van der Waals surface area contributed by atoms with Crippen LogP contribution in [-0.4, -0.2) is 11.6 Å². The molecule has 0 bridgehead atoms. The Bertz CT molecular complexity index is 211. The van der Waals surface area contributed by atoms with Gasteiger partial charge >= 0.3 is 0 Å². The number of nitrogens with one attached hydrogen (secondary N) is 1. The lowest BCUT2D eigenvalue weighted by molar-refractivity contribution is 0.180. The van der Waals surface area contributed by atoms with Crippen molar-refractivity contribution >= 4 is 0 Å². The molecule has 1 fully saturated rings. The molecule has 1 aliphatic carbocycles. The molecule has 0 spiro atoms. The molecular weight excluding hydrogens is 172 g/mol. The fraction of sp³-hybridized carbons (Fsp3) is 0.917. The van der Waals surface area contributed by atoms with Crippen LogP contribution in [0.5, 0.6) is 0 Å². The molecule has 0 aromatic heterocycles. The average Bonchev–Trinajstić information content (AvgIpc) is 2.00. The maximum Gasteiger partial charge on any atom is 0.107 e. The third-order valence-corrected chi connectivity index (χ3v) is 2.98. The van der Waals surface area contributed by atoms with E-state index in [0.717, 1.165) is 12.8 Å². The predicted molar refractivity (Wildman–Crippen MR) is 58.8 cm³/mol. The summed E-state index contributed by atoms with van der Waals surface area (Å²) in [5, 5.41) is 12.8. The Kier molecular flexibility index (Phi) is 3.55. The molecule has 0 saturated heterocycles. The monoisotopic (exact) mass is 194 g/mol. The summed E-state index contributed by atoms with van der Waals surface area (Å²) in [5.74, 6) is 1.34. The normalized spacial score (nSPS) is 38.3. The van der Waals surface area contributed by atoms with Gasteiger partial charge in [-0.25, -0.2) is 0 Å². The molecule has 80 valence electrons. The minimum Gasteiger partial charge on any atom is -0.297 e. The van der Waals surface area contributed by atoms with Crippen molar-refractivity contribution in [2.45, 2.75) is 58.5 Å². The Hall–Kier alpha value is -0.550. The zero-order valence-corrected chi connectivity index (χ0v) is 9.80. The van der Waals surface area contributed by atoms with Gasteiger partial charge in [-0.05, 0) is 44.9 Å². The molecule has 14 heavy (non-hydrogen) atoms. The van der Waals surface area contributed by atoms with Crippen LogP contribution < -0.4 is 5.32 Å². The molecule has 1 N–H and O–H groups in total. The standard InChI is InChI=1S/C12H22N2/c1-9(2)14-12(8-13)6-10(3)5-11(4)7-12/h9-11,14H,5-7H2,1-4H3. The van der Waals surface area contributed by atoms with E-state index in [2.05, 4.69) is 39.1 Å². The lowest BCUT2D eigenvalue weighted by atomic mass is 9.72. The molecule has 0 aliphatic heterocycles. The van der Waals surface area contributed by atoms with Gasteiger partial charge in [0.25, 0.3) is 0 Å². The molecule has 2 unspecified atom stereocenters. The number of nitriles is 1. The lowest BCUT2D eigenvalue weighted by Crippen LogP contribution is -2.51. The van der Waals surface area contributed by atoms with Crippen LogP contribution in [0.15, 0.2) is 0 Å². The smallest absolute Gasteiger partial charge is 0.107 e. The maximum absolute atomic E-state index is 9.31. The minimum atomic E-state index is -0.259. The topological polar surface area (TPSA) is 35.8 Å². The molecule has 0 heterocycles. The van der Waals surface area contributed by atoms with Crippen LogP contribution in [0, 0.1) is 23.2 Å². The van der Waals surface area contributed by atoms with E-state index in [1.54, 1.807) is 0 Å². The van der Waals surface area contributed by atoms with Gasteiger partial charge in [0.15, 0.2) is 0 Å². The summed E-state index contributed by atoms with van der Waals surface area (Å²) in [6.07, 6.45) is 3.28. The van der Waals surface area contributed by atoms with Gasteiger partial charge < -0.3 is 0 Å². The third-order valence-electron chi connectivity index (χ3n) is 2.98. The van der Waals surface area contributed by atoms with E-state index >= 15 is 0 Å². The molecule has 1 rings (SSSR count). The number of hydrogen-bond donors (Lipinski definition) is 1. The Morgan fingerprint density at radius 1 is 1.29 bits per heavy atom. The summed E-state index contributed by atoms with van der Waals surface area (Å²) >= 11 is 0. The molecule has 1 saturated carbocycles. The van der Waals surface area contributed by atoms with Crippen LogP contribution in [0.4, 0.5) is 0 Å². The van der Waals surface area contributed by atoms with Crippen molar-refractivity contribution in [3.8, 4) is 6.07 Å². The van der Waals surface area contributed by atoms with Crippen LogP contribution in [0.2, 0.25) is 0 Å². The lowest BCUT2D eigenvalue weighted by Gasteiger charge is -2.39. The van der Waals surface area contributed by atoms with Crippen LogP contribution in [0.3, 0.4) is 0 Å². The zero-order chi connectivity index (χ0) is 10.8. The SMILES string of the molecule is CC1CC(C)CC(C#N)(NC(C)C)C1. The second kappa shape index (κ2) is 4.31. The molecule has 2 heteroatoms.